The number of methoxy groups -OCH3 is 1. The van der Waals surface area contributed by atoms with Crippen LogP contribution >= 0.6 is 0 Å². The molecule has 2 aromatic rings. The Morgan fingerprint density at radius 3 is 2.54 bits per heavy atom. The maximum Gasteiger partial charge on any atom is 0.329 e. The summed E-state index contributed by atoms with van der Waals surface area (Å²) in [5, 5.41) is 2.78. The topological polar surface area (TPSA) is 122 Å². The van der Waals surface area contributed by atoms with Crippen LogP contribution in [0, 0.1) is 18.8 Å². The lowest BCUT2D eigenvalue weighted by molar-refractivity contribution is -0.161. The number of cyclic esters (lactones) is 1. The Balaban J connectivity index is 1.49. The highest BCUT2D eigenvalue weighted by Crippen LogP contribution is 2.33. The van der Waals surface area contributed by atoms with Gasteiger partial charge in [0.2, 0.25) is 6.79 Å². The molecule has 10 heteroatoms. The number of carbonyl (C=O) groups is 3. The summed E-state index contributed by atoms with van der Waals surface area (Å²) in [4.78, 5) is 42.0. The Bertz CT molecular complexity index is 1200. The molecule has 222 valence electrons. The van der Waals surface area contributed by atoms with Crippen molar-refractivity contribution in [1.82, 2.24) is 10.3 Å². The smallest absolute Gasteiger partial charge is 0.329 e. The van der Waals surface area contributed by atoms with Crippen molar-refractivity contribution < 1.29 is 38.1 Å². The summed E-state index contributed by atoms with van der Waals surface area (Å²) in [7, 11) is 1.42. The van der Waals surface area contributed by atoms with E-state index in [-0.39, 0.29) is 29.2 Å². The predicted octanol–water partition coefficient (Wildman–Crippen LogP) is 4.17. The summed E-state index contributed by atoms with van der Waals surface area (Å²) in [6.07, 6.45) is 5.69. The molecule has 0 unspecified atom stereocenters. The number of hydrogen-bond acceptors (Lipinski definition) is 9. The maximum absolute atomic E-state index is 13.3. The molecule has 4 atom stereocenters. The third kappa shape index (κ3) is 8.66. The Hall–Kier alpha value is -3.66. The average Bonchev–Trinajstić information content (AvgIpc) is 3.77. The zero-order valence-electron chi connectivity index (χ0n) is 24.2. The molecular formula is C31H40N2O8. The van der Waals surface area contributed by atoms with E-state index in [1.165, 1.54) is 50.3 Å². The molecule has 10 nitrogen and oxygen atoms in total. The lowest BCUT2D eigenvalue weighted by Crippen LogP contribution is -2.45. The van der Waals surface area contributed by atoms with Gasteiger partial charge in [0, 0.05) is 25.8 Å². The fraction of sp³-hybridized carbons (Fsp3) is 0.548. The quantitative estimate of drug-likeness (QED) is 0.314. The van der Waals surface area contributed by atoms with Crippen LogP contribution in [0.15, 0.2) is 36.5 Å². The molecule has 0 radical (unpaired) electrons. The summed E-state index contributed by atoms with van der Waals surface area (Å²) in [6.45, 7) is 5.41. The Kier molecular flexibility index (Phi) is 10.6. The molecule has 0 bridgehead atoms. The van der Waals surface area contributed by atoms with Gasteiger partial charge in [0.25, 0.3) is 5.91 Å². The average molecular weight is 569 g/mol. The molecule has 1 amide bonds. The number of ether oxygens (including phenoxy) is 5. The first-order valence-corrected chi connectivity index (χ1v) is 14.2. The first-order valence-electron chi connectivity index (χ1n) is 14.2. The summed E-state index contributed by atoms with van der Waals surface area (Å²) in [5.41, 5.74) is 2.32. The third-order valence-corrected chi connectivity index (χ3v) is 7.50. The summed E-state index contributed by atoms with van der Waals surface area (Å²) < 4.78 is 28.0. The standard InChI is InChI=1S/C31H40N2O8/c1-19-8-10-22(11-9-19)16-24-6-5-7-25(31(36)41-20(2)28(24)38-17-23-12-13-23)33-30(35)27-29(40-18-39-21(3)34)26(37-4)14-15-32-27/h8-11,14-15,20,23-25,28H,5-7,12-13,16-18H2,1-4H3,(H,33,35)/t20-,24+,25-,28-/m0/s1. The van der Waals surface area contributed by atoms with Gasteiger partial charge in [0.15, 0.2) is 17.2 Å². The van der Waals surface area contributed by atoms with Crippen molar-refractivity contribution in [3.05, 3.63) is 53.3 Å². The van der Waals surface area contributed by atoms with Crippen LogP contribution in [-0.4, -0.2) is 61.6 Å². The minimum atomic E-state index is -0.888. The molecule has 1 saturated heterocycles. The number of rotatable bonds is 11. The fourth-order valence-corrected chi connectivity index (χ4v) is 5.05. The Morgan fingerprint density at radius 2 is 1.85 bits per heavy atom. The number of aryl methyl sites for hydroxylation is 1. The zero-order valence-corrected chi connectivity index (χ0v) is 24.2. The van der Waals surface area contributed by atoms with E-state index in [0.29, 0.717) is 25.4 Å². The number of hydrogen-bond donors (Lipinski definition) is 1. The van der Waals surface area contributed by atoms with Gasteiger partial charge in [-0.15, -0.1) is 0 Å². The van der Waals surface area contributed by atoms with Gasteiger partial charge in [-0.3, -0.25) is 9.59 Å². The first-order chi connectivity index (χ1) is 19.7. The molecule has 1 aromatic heterocycles. The van der Waals surface area contributed by atoms with Gasteiger partial charge in [0.05, 0.1) is 13.2 Å². The van der Waals surface area contributed by atoms with Gasteiger partial charge >= 0.3 is 11.9 Å². The highest BCUT2D eigenvalue weighted by atomic mass is 16.7. The largest absolute Gasteiger partial charge is 0.493 e. The van der Waals surface area contributed by atoms with E-state index < -0.39 is 36.8 Å². The second-order valence-corrected chi connectivity index (χ2v) is 10.9. The van der Waals surface area contributed by atoms with Crippen molar-refractivity contribution in [3.63, 3.8) is 0 Å². The number of esters is 2. The van der Waals surface area contributed by atoms with E-state index >= 15 is 0 Å². The minimum Gasteiger partial charge on any atom is -0.493 e. The second kappa shape index (κ2) is 14.3. The number of amides is 1. The normalized spacial score (nSPS) is 22.9. The zero-order chi connectivity index (χ0) is 29.4. The van der Waals surface area contributed by atoms with Crippen molar-refractivity contribution in [2.24, 2.45) is 11.8 Å². The monoisotopic (exact) mass is 568 g/mol. The number of nitrogens with one attached hydrogen (secondary N) is 1. The SMILES string of the molecule is COc1ccnc(C(=O)N[C@H]2CCC[C@H](Cc3ccc(C)cc3)[C@@H](OCC3CC3)[C@H](C)OC2=O)c1OCOC(C)=O. The van der Waals surface area contributed by atoms with Gasteiger partial charge < -0.3 is 29.0 Å². The number of nitrogens with zero attached hydrogens (tertiary/aromatic N) is 1. The van der Waals surface area contributed by atoms with Crippen LogP contribution in [-0.2, 0) is 30.2 Å². The summed E-state index contributed by atoms with van der Waals surface area (Å²) in [6, 6.07) is 9.13. The van der Waals surface area contributed by atoms with E-state index in [1.807, 2.05) is 6.92 Å². The van der Waals surface area contributed by atoms with Crippen LogP contribution in [0.1, 0.15) is 67.6 Å². The van der Waals surface area contributed by atoms with Crippen LogP contribution in [0.5, 0.6) is 11.5 Å². The fourth-order valence-electron chi connectivity index (χ4n) is 5.05. The highest BCUT2D eigenvalue weighted by molar-refractivity contribution is 5.98. The van der Waals surface area contributed by atoms with E-state index in [9.17, 15) is 14.4 Å². The Labute approximate surface area is 241 Å². The van der Waals surface area contributed by atoms with Crippen LogP contribution in [0.4, 0.5) is 0 Å². The number of carbonyl (C=O) groups excluding carboxylic acids is 3. The summed E-state index contributed by atoms with van der Waals surface area (Å²) >= 11 is 0. The van der Waals surface area contributed by atoms with Crippen LogP contribution < -0.4 is 14.8 Å². The van der Waals surface area contributed by atoms with E-state index in [0.717, 1.165) is 12.8 Å². The summed E-state index contributed by atoms with van der Waals surface area (Å²) in [5.74, 6) is -0.732. The second-order valence-electron chi connectivity index (χ2n) is 10.9. The molecule has 2 fully saturated rings. The van der Waals surface area contributed by atoms with Crippen molar-refractivity contribution in [2.75, 3.05) is 20.5 Å². The molecule has 1 saturated carbocycles. The molecule has 4 rings (SSSR count). The molecule has 2 heterocycles. The third-order valence-electron chi connectivity index (χ3n) is 7.50. The molecule has 1 aliphatic heterocycles. The van der Waals surface area contributed by atoms with Gasteiger partial charge in [0.1, 0.15) is 12.1 Å². The number of benzene rings is 1. The minimum absolute atomic E-state index is 0.00486. The molecule has 1 aromatic carbocycles. The van der Waals surface area contributed by atoms with E-state index in [2.05, 4.69) is 41.5 Å². The predicted molar refractivity (Wildman–Crippen MR) is 150 cm³/mol. The molecule has 0 spiro atoms. The molecular weight excluding hydrogens is 528 g/mol. The lowest BCUT2D eigenvalue weighted by Gasteiger charge is -2.31. The van der Waals surface area contributed by atoms with E-state index in [4.69, 9.17) is 23.7 Å². The molecule has 1 N–H and O–H groups in total. The number of aromatic nitrogens is 1. The molecule has 1 aliphatic carbocycles. The van der Waals surface area contributed by atoms with Gasteiger partial charge in [-0.25, -0.2) is 9.78 Å². The van der Waals surface area contributed by atoms with Crippen molar-refractivity contribution in [1.29, 1.82) is 0 Å². The molecule has 2 aliphatic rings. The van der Waals surface area contributed by atoms with Crippen molar-refractivity contribution in [3.8, 4) is 11.5 Å². The highest BCUT2D eigenvalue weighted by Gasteiger charge is 2.36. The maximum atomic E-state index is 13.3. The Morgan fingerprint density at radius 1 is 1.10 bits per heavy atom. The van der Waals surface area contributed by atoms with Crippen molar-refractivity contribution in [2.45, 2.75) is 77.5 Å². The van der Waals surface area contributed by atoms with Gasteiger partial charge in [-0.2, -0.15) is 0 Å². The first kappa shape index (κ1) is 30.3. The van der Waals surface area contributed by atoms with Gasteiger partial charge in [-0.05, 0) is 63.4 Å². The number of pyridine rings is 1. The lowest BCUT2D eigenvalue weighted by atomic mass is 9.86. The van der Waals surface area contributed by atoms with Crippen LogP contribution in [0.2, 0.25) is 0 Å². The van der Waals surface area contributed by atoms with Crippen LogP contribution in [0.3, 0.4) is 0 Å². The van der Waals surface area contributed by atoms with Crippen molar-refractivity contribution >= 4 is 17.8 Å². The van der Waals surface area contributed by atoms with Gasteiger partial charge in [-0.1, -0.05) is 36.2 Å². The van der Waals surface area contributed by atoms with E-state index in [1.54, 1.807) is 0 Å². The van der Waals surface area contributed by atoms with Crippen LogP contribution in [0.25, 0.3) is 0 Å². The molecule has 41 heavy (non-hydrogen) atoms.